The molecule has 0 saturated carbocycles. The molecule has 7 nitrogen and oxygen atoms in total. The molecule has 0 bridgehead atoms. The van der Waals surface area contributed by atoms with Crippen LogP contribution in [0, 0.1) is 17.0 Å². The van der Waals surface area contributed by atoms with Crippen molar-refractivity contribution in [3.05, 3.63) is 45.2 Å². The summed E-state index contributed by atoms with van der Waals surface area (Å²) in [7, 11) is 0. The second-order valence-electron chi connectivity index (χ2n) is 6.27. The van der Waals surface area contributed by atoms with Crippen LogP contribution in [0.4, 0.5) is 23.0 Å². The molecule has 1 atom stereocenters. The van der Waals surface area contributed by atoms with Crippen LogP contribution in [0.1, 0.15) is 31.7 Å². The smallest absolute Gasteiger partial charge is 0.348 e. The van der Waals surface area contributed by atoms with Crippen LogP contribution in [0.2, 0.25) is 5.02 Å². The zero-order valence-electron chi connectivity index (χ0n) is 14.2. The molecule has 132 valence electrons. The monoisotopic (exact) mass is 361 g/mol. The number of hydrogen-bond donors (Lipinski definition) is 1. The summed E-state index contributed by atoms with van der Waals surface area (Å²) in [5.74, 6) is 0.569. The predicted molar refractivity (Wildman–Crippen MR) is 98.8 cm³/mol. The standard InChI is InChI=1S/C17H20ClN5O2/c1-11-9-13(18)6-7-14(11)21-16-15(23(24)25)17(20-10-19-16)22-8-4-3-5-12(22)2/h6-7,9-10,12H,3-5,8H2,1-2H3,(H,19,20,21). The highest BCUT2D eigenvalue weighted by molar-refractivity contribution is 6.30. The zero-order valence-corrected chi connectivity index (χ0v) is 15.0. The van der Waals surface area contributed by atoms with E-state index in [0.29, 0.717) is 10.8 Å². The fraction of sp³-hybridized carbons (Fsp3) is 0.412. The number of aryl methyl sites for hydroxylation is 1. The summed E-state index contributed by atoms with van der Waals surface area (Å²) in [5, 5.41) is 15.4. The zero-order chi connectivity index (χ0) is 18.0. The van der Waals surface area contributed by atoms with Crippen LogP contribution < -0.4 is 10.2 Å². The van der Waals surface area contributed by atoms with Crippen LogP contribution in [-0.2, 0) is 0 Å². The van der Waals surface area contributed by atoms with Crippen molar-refractivity contribution in [1.29, 1.82) is 0 Å². The van der Waals surface area contributed by atoms with Gasteiger partial charge in [-0.1, -0.05) is 11.6 Å². The van der Waals surface area contributed by atoms with Crippen LogP contribution in [0.15, 0.2) is 24.5 Å². The van der Waals surface area contributed by atoms with Gasteiger partial charge in [-0.2, -0.15) is 0 Å². The number of anilines is 3. The first-order valence-corrected chi connectivity index (χ1v) is 8.64. The van der Waals surface area contributed by atoms with E-state index in [4.69, 9.17) is 11.6 Å². The molecule has 0 spiro atoms. The van der Waals surface area contributed by atoms with E-state index in [-0.39, 0.29) is 17.5 Å². The quantitative estimate of drug-likeness (QED) is 0.638. The van der Waals surface area contributed by atoms with Crippen molar-refractivity contribution >= 4 is 34.6 Å². The Hall–Kier alpha value is -2.41. The highest BCUT2D eigenvalue weighted by Gasteiger charge is 2.30. The molecule has 0 radical (unpaired) electrons. The summed E-state index contributed by atoms with van der Waals surface area (Å²) in [6.45, 7) is 4.72. The lowest BCUT2D eigenvalue weighted by Crippen LogP contribution is -2.38. The van der Waals surface area contributed by atoms with Gasteiger partial charge in [-0.05, 0) is 56.9 Å². The number of halogens is 1. The van der Waals surface area contributed by atoms with E-state index >= 15 is 0 Å². The highest BCUT2D eigenvalue weighted by Crippen LogP contribution is 2.36. The maximum absolute atomic E-state index is 11.8. The maximum atomic E-state index is 11.8. The van der Waals surface area contributed by atoms with Crippen molar-refractivity contribution in [3.8, 4) is 0 Å². The number of piperidine rings is 1. The van der Waals surface area contributed by atoms with Gasteiger partial charge in [0.05, 0.1) is 4.92 Å². The minimum Gasteiger partial charge on any atom is -0.348 e. The molecule has 1 N–H and O–H groups in total. The Bertz CT molecular complexity index is 799. The molecule has 0 amide bonds. The van der Waals surface area contributed by atoms with Crippen LogP contribution in [0.5, 0.6) is 0 Å². The molecule has 1 aliphatic heterocycles. The van der Waals surface area contributed by atoms with Crippen molar-refractivity contribution in [2.45, 2.75) is 39.2 Å². The molecular formula is C17H20ClN5O2. The third-order valence-electron chi connectivity index (χ3n) is 4.50. The van der Waals surface area contributed by atoms with Crippen molar-refractivity contribution < 1.29 is 4.92 Å². The average Bonchev–Trinajstić information content (AvgIpc) is 2.57. The van der Waals surface area contributed by atoms with E-state index in [9.17, 15) is 10.1 Å². The molecule has 2 aromatic rings. The molecule has 0 aliphatic carbocycles. The summed E-state index contributed by atoms with van der Waals surface area (Å²) in [6, 6.07) is 5.53. The third kappa shape index (κ3) is 3.66. The Morgan fingerprint density at radius 1 is 1.36 bits per heavy atom. The van der Waals surface area contributed by atoms with Gasteiger partial charge in [-0.15, -0.1) is 0 Å². The SMILES string of the molecule is Cc1cc(Cl)ccc1Nc1ncnc(N2CCCCC2C)c1[N+](=O)[O-]. The lowest BCUT2D eigenvalue weighted by atomic mass is 10.0. The Morgan fingerprint density at radius 2 is 2.16 bits per heavy atom. The van der Waals surface area contributed by atoms with E-state index in [0.717, 1.165) is 37.1 Å². The van der Waals surface area contributed by atoms with Gasteiger partial charge in [-0.3, -0.25) is 10.1 Å². The molecule has 3 rings (SSSR count). The average molecular weight is 362 g/mol. The molecule has 2 heterocycles. The first kappa shape index (κ1) is 17.4. The number of nitro groups is 1. The summed E-state index contributed by atoms with van der Waals surface area (Å²) >= 11 is 5.98. The molecule has 1 saturated heterocycles. The maximum Gasteiger partial charge on any atom is 0.353 e. The second kappa shape index (κ2) is 7.23. The van der Waals surface area contributed by atoms with Crippen LogP contribution >= 0.6 is 11.6 Å². The van der Waals surface area contributed by atoms with E-state index in [2.05, 4.69) is 22.2 Å². The van der Waals surface area contributed by atoms with Gasteiger partial charge in [0, 0.05) is 23.3 Å². The third-order valence-corrected chi connectivity index (χ3v) is 4.74. The van der Waals surface area contributed by atoms with E-state index in [1.165, 1.54) is 6.33 Å². The topological polar surface area (TPSA) is 84.2 Å². The van der Waals surface area contributed by atoms with Gasteiger partial charge >= 0.3 is 5.69 Å². The molecule has 1 unspecified atom stereocenters. The fourth-order valence-electron chi connectivity index (χ4n) is 3.15. The first-order chi connectivity index (χ1) is 12.0. The second-order valence-corrected chi connectivity index (χ2v) is 6.71. The number of rotatable bonds is 4. The highest BCUT2D eigenvalue weighted by atomic mass is 35.5. The number of hydrogen-bond acceptors (Lipinski definition) is 6. The van der Waals surface area contributed by atoms with E-state index in [1.54, 1.807) is 18.2 Å². The Morgan fingerprint density at radius 3 is 2.84 bits per heavy atom. The fourth-order valence-corrected chi connectivity index (χ4v) is 3.37. The summed E-state index contributed by atoms with van der Waals surface area (Å²) < 4.78 is 0. The van der Waals surface area contributed by atoms with Gasteiger partial charge < -0.3 is 10.2 Å². The lowest BCUT2D eigenvalue weighted by molar-refractivity contribution is -0.383. The normalized spacial score (nSPS) is 17.4. The molecular weight excluding hydrogens is 342 g/mol. The molecule has 25 heavy (non-hydrogen) atoms. The largest absolute Gasteiger partial charge is 0.353 e. The Kier molecular flexibility index (Phi) is 5.03. The molecule has 1 aromatic carbocycles. The Labute approximate surface area is 151 Å². The van der Waals surface area contributed by atoms with Crippen molar-refractivity contribution in [1.82, 2.24) is 9.97 Å². The van der Waals surface area contributed by atoms with Crippen molar-refractivity contribution in [2.24, 2.45) is 0 Å². The van der Waals surface area contributed by atoms with Gasteiger partial charge in [0.25, 0.3) is 0 Å². The van der Waals surface area contributed by atoms with Crippen LogP contribution in [0.3, 0.4) is 0 Å². The minimum absolute atomic E-state index is 0.0920. The predicted octanol–water partition coefficient (Wildman–Crippen LogP) is 4.47. The van der Waals surface area contributed by atoms with E-state index < -0.39 is 4.92 Å². The van der Waals surface area contributed by atoms with Crippen molar-refractivity contribution in [2.75, 3.05) is 16.8 Å². The van der Waals surface area contributed by atoms with Crippen molar-refractivity contribution in [3.63, 3.8) is 0 Å². The summed E-state index contributed by atoms with van der Waals surface area (Å²) in [4.78, 5) is 21.7. The molecule has 1 aliphatic rings. The van der Waals surface area contributed by atoms with E-state index in [1.807, 2.05) is 11.8 Å². The Balaban J connectivity index is 2.02. The number of benzene rings is 1. The number of aromatic nitrogens is 2. The van der Waals surface area contributed by atoms with Gasteiger partial charge in [0.2, 0.25) is 11.6 Å². The lowest BCUT2D eigenvalue weighted by Gasteiger charge is -2.33. The van der Waals surface area contributed by atoms with Crippen LogP contribution in [0.25, 0.3) is 0 Å². The van der Waals surface area contributed by atoms with Gasteiger partial charge in [0.15, 0.2) is 0 Å². The minimum atomic E-state index is -0.412. The summed E-state index contributed by atoms with van der Waals surface area (Å²) in [5.41, 5.74) is 1.52. The van der Waals surface area contributed by atoms with Crippen LogP contribution in [-0.4, -0.2) is 27.5 Å². The first-order valence-electron chi connectivity index (χ1n) is 8.26. The van der Waals surface area contributed by atoms with Gasteiger partial charge in [0.1, 0.15) is 6.33 Å². The molecule has 8 heteroatoms. The molecule has 1 aromatic heterocycles. The number of nitrogens with zero attached hydrogens (tertiary/aromatic N) is 4. The summed E-state index contributed by atoms with van der Waals surface area (Å²) in [6.07, 6.45) is 4.51. The molecule has 1 fully saturated rings. The van der Waals surface area contributed by atoms with Gasteiger partial charge in [-0.25, -0.2) is 9.97 Å². The number of nitrogens with one attached hydrogen (secondary N) is 1.